The standard InChI is InChI=1S/C9H10BrF2N/c1-6(13)9(11,12)7-4-2-3-5-8(7)10/h2-6H,13H2,1H3. The SMILES string of the molecule is CC(N)C(F)(F)c1ccccc1Br. The van der Waals surface area contributed by atoms with E-state index < -0.39 is 12.0 Å². The summed E-state index contributed by atoms with van der Waals surface area (Å²) in [4.78, 5) is 0. The van der Waals surface area contributed by atoms with Crippen LogP contribution in [-0.4, -0.2) is 6.04 Å². The molecule has 4 heteroatoms. The van der Waals surface area contributed by atoms with Gasteiger partial charge in [0, 0.05) is 10.0 Å². The molecule has 0 fully saturated rings. The van der Waals surface area contributed by atoms with Crippen LogP contribution in [0.3, 0.4) is 0 Å². The largest absolute Gasteiger partial charge is 0.323 e. The summed E-state index contributed by atoms with van der Waals surface area (Å²) in [6.07, 6.45) is 0. The molecular weight excluding hydrogens is 240 g/mol. The van der Waals surface area contributed by atoms with Gasteiger partial charge < -0.3 is 5.73 Å². The van der Waals surface area contributed by atoms with E-state index in [1.807, 2.05) is 0 Å². The number of rotatable bonds is 2. The van der Waals surface area contributed by atoms with Crippen LogP contribution in [0.15, 0.2) is 28.7 Å². The van der Waals surface area contributed by atoms with Crippen LogP contribution >= 0.6 is 15.9 Å². The Hall–Kier alpha value is -0.480. The molecule has 1 aromatic carbocycles. The summed E-state index contributed by atoms with van der Waals surface area (Å²) in [6, 6.07) is 5.01. The van der Waals surface area contributed by atoms with Crippen LogP contribution in [0, 0.1) is 0 Å². The molecule has 0 aliphatic carbocycles. The van der Waals surface area contributed by atoms with Crippen LogP contribution in [-0.2, 0) is 5.92 Å². The molecule has 0 saturated carbocycles. The Labute approximate surface area is 84.1 Å². The summed E-state index contributed by atoms with van der Waals surface area (Å²) in [7, 11) is 0. The Kier molecular flexibility index (Phi) is 3.03. The Morgan fingerprint density at radius 3 is 2.38 bits per heavy atom. The van der Waals surface area contributed by atoms with Gasteiger partial charge in [-0.1, -0.05) is 34.1 Å². The number of halogens is 3. The van der Waals surface area contributed by atoms with Crippen molar-refractivity contribution in [3.63, 3.8) is 0 Å². The van der Waals surface area contributed by atoms with Crippen molar-refractivity contribution in [2.45, 2.75) is 18.9 Å². The molecule has 0 saturated heterocycles. The zero-order valence-corrected chi connectivity index (χ0v) is 8.68. The molecule has 0 radical (unpaired) electrons. The molecule has 0 spiro atoms. The van der Waals surface area contributed by atoms with Gasteiger partial charge in [0.05, 0.1) is 6.04 Å². The van der Waals surface area contributed by atoms with Crippen molar-refractivity contribution in [1.82, 2.24) is 0 Å². The third-order valence-electron chi connectivity index (χ3n) is 1.80. The lowest BCUT2D eigenvalue weighted by Crippen LogP contribution is -2.36. The van der Waals surface area contributed by atoms with Gasteiger partial charge in [0.25, 0.3) is 5.92 Å². The van der Waals surface area contributed by atoms with Gasteiger partial charge >= 0.3 is 0 Å². The van der Waals surface area contributed by atoms with E-state index in [2.05, 4.69) is 15.9 Å². The van der Waals surface area contributed by atoms with Crippen LogP contribution in [0.5, 0.6) is 0 Å². The fourth-order valence-electron chi connectivity index (χ4n) is 0.977. The van der Waals surface area contributed by atoms with Crippen molar-refractivity contribution in [3.05, 3.63) is 34.3 Å². The van der Waals surface area contributed by atoms with E-state index in [1.54, 1.807) is 18.2 Å². The van der Waals surface area contributed by atoms with Gasteiger partial charge in [-0.2, -0.15) is 8.78 Å². The highest BCUT2D eigenvalue weighted by Crippen LogP contribution is 2.35. The minimum Gasteiger partial charge on any atom is -0.323 e. The number of hydrogen-bond donors (Lipinski definition) is 1. The van der Waals surface area contributed by atoms with E-state index in [0.29, 0.717) is 4.47 Å². The van der Waals surface area contributed by atoms with Crippen molar-refractivity contribution < 1.29 is 8.78 Å². The van der Waals surface area contributed by atoms with Crippen LogP contribution in [0.2, 0.25) is 0 Å². The smallest absolute Gasteiger partial charge is 0.288 e. The van der Waals surface area contributed by atoms with Crippen molar-refractivity contribution in [3.8, 4) is 0 Å². The molecule has 0 heterocycles. The fraction of sp³-hybridized carbons (Fsp3) is 0.333. The first-order valence-corrected chi connectivity index (χ1v) is 4.64. The van der Waals surface area contributed by atoms with Crippen LogP contribution < -0.4 is 5.73 Å². The zero-order chi connectivity index (χ0) is 10.1. The van der Waals surface area contributed by atoms with Gasteiger partial charge in [-0.15, -0.1) is 0 Å². The van der Waals surface area contributed by atoms with E-state index in [-0.39, 0.29) is 5.56 Å². The van der Waals surface area contributed by atoms with Crippen LogP contribution in [0.25, 0.3) is 0 Å². The highest BCUT2D eigenvalue weighted by Gasteiger charge is 2.37. The van der Waals surface area contributed by atoms with Crippen LogP contribution in [0.4, 0.5) is 8.78 Å². The van der Waals surface area contributed by atoms with E-state index in [9.17, 15) is 8.78 Å². The molecule has 1 aromatic rings. The van der Waals surface area contributed by atoms with Crippen molar-refractivity contribution in [2.24, 2.45) is 5.73 Å². The normalized spacial score (nSPS) is 14.2. The first kappa shape index (κ1) is 10.6. The van der Waals surface area contributed by atoms with Gasteiger partial charge in [-0.25, -0.2) is 0 Å². The van der Waals surface area contributed by atoms with E-state index in [0.717, 1.165) is 0 Å². The first-order chi connectivity index (χ1) is 5.96. The third-order valence-corrected chi connectivity index (χ3v) is 2.50. The number of benzene rings is 1. The highest BCUT2D eigenvalue weighted by atomic mass is 79.9. The van der Waals surface area contributed by atoms with Crippen molar-refractivity contribution in [2.75, 3.05) is 0 Å². The second-order valence-corrected chi connectivity index (χ2v) is 3.75. The van der Waals surface area contributed by atoms with Gasteiger partial charge in [0.2, 0.25) is 0 Å². The maximum absolute atomic E-state index is 13.4. The summed E-state index contributed by atoms with van der Waals surface area (Å²) < 4.78 is 27.2. The fourth-order valence-corrected chi connectivity index (χ4v) is 1.53. The lowest BCUT2D eigenvalue weighted by Gasteiger charge is -2.21. The molecule has 13 heavy (non-hydrogen) atoms. The lowest BCUT2D eigenvalue weighted by atomic mass is 10.0. The van der Waals surface area contributed by atoms with E-state index >= 15 is 0 Å². The number of hydrogen-bond acceptors (Lipinski definition) is 1. The summed E-state index contributed by atoms with van der Waals surface area (Å²) in [6.45, 7) is 1.29. The van der Waals surface area contributed by atoms with E-state index in [1.165, 1.54) is 13.0 Å². The average Bonchev–Trinajstić information content (AvgIpc) is 2.04. The van der Waals surface area contributed by atoms with Gasteiger partial charge in [-0.3, -0.25) is 0 Å². The predicted octanol–water partition coefficient (Wildman–Crippen LogP) is 2.89. The maximum Gasteiger partial charge on any atom is 0.288 e. The molecule has 1 nitrogen and oxygen atoms in total. The molecule has 0 aliphatic rings. The summed E-state index contributed by atoms with van der Waals surface area (Å²) in [5.74, 6) is -2.99. The molecule has 72 valence electrons. The van der Waals surface area contributed by atoms with Crippen LogP contribution in [0.1, 0.15) is 12.5 Å². The molecule has 0 amide bonds. The number of nitrogens with two attached hydrogens (primary N) is 1. The molecule has 0 aliphatic heterocycles. The summed E-state index contributed by atoms with van der Waals surface area (Å²) >= 11 is 3.06. The first-order valence-electron chi connectivity index (χ1n) is 3.84. The lowest BCUT2D eigenvalue weighted by molar-refractivity contribution is -0.0263. The van der Waals surface area contributed by atoms with Crippen molar-refractivity contribution >= 4 is 15.9 Å². The molecule has 1 atom stereocenters. The minimum absolute atomic E-state index is 0.0648. The number of alkyl halides is 2. The Balaban J connectivity index is 3.14. The molecule has 0 aromatic heterocycles. The Bertz CT molecular complexity index is 299. The monoisotopic (exact) mass is 249 g/mol. The zero-order valence-electron chi connectivity index (χ0n) is 7.10. The van der Waals surface area contributed by atoms with Gasteiger partial charge in [0.1, 0.15) is 0 Å². The van der Waals surface area contributed by atoms with E-state index in [4.69, 9.17) is 5.73 Å². The summed E-state index contributed by atoms with van der Waals surface area (Å²) in [5.41, 5.74) is 5.14. The van der Waals surface area contributed by atoms with Crippen molar-refractivity contribution in [1.29, 1.82) is 0 Å². The third kappa shape index (κ3) is 2.06. The van der Waals surface area contributed by atoms with Gasteiger partial charge in [-0.05, 0) is 13.0 Å². The molecule has 2 N–H and O–H groups in total. The molecular formula is C9H10BrF2N. The molecule has 1 unspecified atom stereocenters. The quantitative estimate of drug-likeness (QED) is 0.858. The second kappa shape index (κ2) is 3.72. The minimum atomic E-state index is -2.99. The molecule has 1 rings (SSSR count). The molecule has 0 bridgehead atoms. The topological polar surface area (TPSA) is 26.0 Å². The average molecular weight is 250 g/mol. The van der Waals surface area contributed by atoms with Gasteiger partial charge in [0.15, 0.2) is 0 Å². The predicted molar refractivity (Wildman–Crippen MR) is 51.7 cm³/mol. The Morgan fingerprint density at radius 2 is 1.92 bits per heavy atom. The maximum atomic E-state index is 13.4. The second-order valence-electron chi connectivity index (χ2n) is 2.89. The summed E-state index contributed by atoms with van der Waals surface area (Å²) in [5, 5.41) is 0. The highest BCUT2D eigenvalue weighted by molar-refractivity contribution is 9.10. The Morgan fingerprint density at radius 1 is 1.38 bits per heavy atom.